The normalized spacial score (nSPS) is 12.5. The minimum Gasteiger partial charge on any atom is -0.466 e. The molecule has 0 saturated heterocycles. The van der Waals surface area contributed by atoms with Gasteiger partial charge in [-0.05, 0) is 51.4 Å². The number of esters is 1. The van der Waals surface area contributed by atoms with Crippen LogP contribution in [-0.2, 0) is 14.3 Å². The van der Waals surface area contributed by atoms with Crippen LogP contribution in [0.25, 0.3) is 0 Å². The molecule has 0 bridgehead atoms. The van der Waals surface area contributed by atoms with E-state index >= 15 is 0 Å². The number of allylic oxidation sites excluding steroid dienone is 2. The van der Waals surface area contributed by atoms with Crippen molar-refractivity contribution in [1.82, 2.24) is 5.32 Å². The van der Waals surface area contributed by atoms with Crippen molar-refractivity contribution < 1.29 is 24.5 Å². The average molecular weight is 1200 g/mol. The molecule has 0 heterocycles. The van der Waals surface area contributed by atoms with Gasteiger partial charge in [-0.3, -0.25) is 9.59 Å². The fraction of sp³-hybridized carbons (Fsp3) is 0.949. The topological polar surface area (TPSA) is 95.9 Å². The number of aliphatic hydroxyl groups is 2. The molecular formula is C79H155NO5. The van der Waals surface area contributed by atoms with E-state index in [1.54, 1.807) is 0 Å². The first-order valence-corrected chi connectivity index (χ1v) is 39.4. The SMILES string of the molecule is CCCCCC/C=C\CCCCCCCC(=O)OCCCCCCCCCCCCCCCCCCCCCCCCCCCCCCCCCC(=O)NC(CO)C(O)CCCCCCCCCCCCCCCCCCCCCCCCCC. The maximum Gasteiger partial charge on any atom is 0.305 e. The lowest BCUT2D eigenvalue weighted by Crippen LogP contribution is -2.45. The Morgan fingerprint density at radius 1 is 0.318 bits per heavy atom. The maximum atomic E-state index is 12.6. The van der Waals surface area contributed by atoms with Gasteiger partial charge in [-0.15, -0.1) is 0 Å². The molecule has 0 radical (unpaired) electrons. The van der Waals surface area contributed by atoms with Crippen LogP contribution in [0.5, 0.6) is 0 Å². The number of ether oxygens (including phenoxy) is 1. The lowest BCUT2D eigenvalue weighted by atomic mass is 10.0. The van der Waals surface area contributed by atoms with Crippen LogP contribution in [0.15, 0.2) is 12.2 Å². The van der Waals surface area contributed by atoms with E-state index in [1.807, 2.05) is 0 Å². The van der Waals surface area contributed by atoms with Gasteiger partial charge in [0, 0.05) is 12.8 Å². The van der Waals surface area contributed by atoms with Gasteiger partial charge in [0.25, 0.3) is 0 Å². The van der Waals surface area contributed by atoms with Crippen LogP contribution in [-0.4, -0.2) is 47.4 Å². The summed E-state index contributed by atoms with van der Waals surface area (Å²) in [5.41, 5.74) is 0. The van der Waals surface area contributed by atoms with Crippen molar-refractivity contribution >= 4 is 11.9 Å². The van der Waals surface area contributed by atoms with Gasteiger partial charge < -0.3 is 20.3 Å². The number of amides is 1. The van der Waals surface area contributed by atoms with E-state index in [-0.39, 0.29) is 18.5 Å². The molecular weight excluding hydrogens is 1040 g/mol. The maximum absolute atomic E-state index is 12.6. The van der Waals surface area contributed by atoms with Crippen LogP contribution in [0.3, 0.4) is 0 Å². The highest BCUT2D eigenvalue weighted by Gasteiger charge is 2.20. The third kappa shape index (κ3) is 71.6. The van der Waals surface area contributed by atoms with Gasteiger partial charge in [-0.1, -0.05) is 405 Å². The van der Waals surface area contributed by atoms with Gasteiger partial charge in [0.05, 0.1) is 25.4 Å². The summed E-state index contributed by atoms with van der Waals surface area (Å²) in [6, 6.07) is -0.539. The number of aliphatic hydroxyl groups excluding tert-OH is 2. The molecule has 0 aromatic rings. The summed E-state index contributed by atoms with van der Waals surface area (Å²) in [4.78, 5) is 24.6. The highest BCUT2D eigenvalue weighted by molar-refractivity contribution is 5.76. The predicted octanol–water partition coefficient (Wildman–Crippen LogP) is 25.9. The highest BCUT2D eigenvalue weighted by Crippen LogP contribution is 2.20. The molecule has 0 rings (SSSR count). The quantitative estimate of drug-likeness (QED) is 0.0320. The van der Waals surface area contributed by atoms with Gasteiger partial charge in [0.2, 0.25) is 5.91 Å². The van der Waals surface area contributed by atoms with Crippen molar-refractivity contribution in [3.63, 3.8) is 0 Å². The Balaban J connectivity index is 3.33. The highest BCUT2D eigenvalue weighted by atomic mass is 16.5. The second-order valence-corrected chi connectivity index (χ2v) is 27.4. The van der Waals surface area contributed by atoms with Gasteiger partial charge in [0.15, 0.2) is 0 Å². The Hall–Kier alpha value is -1.40. The average Bonchev–Trinajstić information content (AvgIpc) is 3.51. The Morgan fingerprint density at radius 2 is 0.553 bits per heavy atom. The van der Waals surface area contributed by atoms with E-state index in [2.05, 4.69) is 31.3 Å². The van der Waals surface area contributed by atoms with Crippen molar-refractivity contribution in [2.45, 2.75) is 469 Å². The Morgan fingerprint density at radius 3 is 0.847 bits per heavy atom. The number of nitrogens with one attached hydrogen (secondary N) is 1. The fourth-order valence-electron chi connectivity index (χ4n) is 12.8. The van der Waals surface area contributed by atoms with Crippen LogP contribution in [0.1, 0.15) is 457 Å². The Bertz CT molecular complexity index is 1290. The third-order valence-corrected chi connectivity index (χ3v) is 18.8. The van der Waals surface area contributed by atoms with Crippen molar-refractivity contribution in [3.8, 4) is 0 Å². The Kier molecular flexibility index (Phi) is 73.8. The first kappa shape index (κ1) is 83.6. The summed E-state index contributed by atoms with van der Waals surface area (Å²) in [6.07, 6.45) is 94.5. The molecule has 0 fully saturated rings. The molecule has 2 unspecified atom stereocenters. The molecule has 2 atom stereocenters. The molecule has 3 N–H and O–H groups in total. The molecule has 0 aliphatic carbocycles. The van der Waals surface area contributed by atoms with Crippen LogP contribution in [0, 0.1) is 0 Å². The molecule has 0 aromatic carbocycles. The summed E-state index contributed by atoms with van der Waals surface area (Å²) in [5, 5.41) is 23.5. The van der Waals surface area contributed by atoms with E-state index in [1.165, 1.54) is 379 Å². The fourth-order valence-corrected chi connectivity index (χ4v) is 12.8. The van der Waals surface area contributed by atoms with Gasteiger partial charge in [-0.25, -0.2) is 0 Å². The largest absolute Gasteiger partial charge is 0.466 e. The standard InChI is InChI=1S/C79H155NO5/c1-3-5-7-9-11-13-15-17-18-19-20-21-22-32-35-38-41-44-48-51-55-59-63-67-71-77(82)76(75-81)80-78(83)72-68-64-60-56-52-49-45-42-39-36-33-30-28-26-24-23-25-27-29-31-34-37-40-43-46-50-54-58-62-66-70-74-85-79(84)73-69-65-61-57-53-47-16-14-12-10-8-6-4-2/h14,16,76-77,81-82H,3-13,15,17-75H2,1-2H3,(H,80,83)/b16-14-. The lowest BCUT2D eigenvalue weighted by Gasteiger charge is -2.22. The summed E-state index contributed by atoms with van der Waals surface area (Å²) < 4.78 is 5.49. The third-order valence-electron chi connectivity index (χ3n) is 18.8. The molecule has 0 aromatic heterocycles. The van der Waals surface area contributed by atoms with E-state index in [0.29, 0.717) is 25.9 Å². The summed E-state index contributed by atoms with van der Waals surface area (Å²) >= 11 is 0. The molecule has 85 heavy (non-hydrogen) atoms. The number of hydrogen-bond acceptors (Lipinski definition) is 5. The number of carbonyl (C=O) groups excluding carboxylic acids is 2. The summed E-state index contributed by atoms with van der Waals surface area (Å²) in [5.74, 6) is -0.0120. The van der Waals surface area contributed by atoms with Crippen molar-refractivity contribution in [2.24, 2.45) is 0 Å². The first-order chi connectivity index (χ1) is 42.0. The van der Waals surface area contributed by atoms with Crippen molar-refractivity contribution in [3.05, 3.63) is 12.2 Å². The molecule has 0 aliphatic heterocycles. The minimum absolute atomic E-state index is 0.0126. The monoisotopic (exact) mass is 1200 g/mol. The zero-order chi connectivity index (χ0) is 61.3. The van der Waals surface area contributed by atoms with Crippen LogP contribution >= 0.6 is 0 Å². The molecule has 6 heteroatoms. The van der Waals surface area contributed by atoms with Gasteiger partial charge in [-0.2, -0.15) is 0 Å². The van der Waals surface area contributed by atoms with Crippen molar-refractivity contribution in [2.75, 3.05) is 13.2 Å². The number of unbranched alkanes of at least 4 members (excludes halogenated alkanes) is 62. The smallest absolute Gasteiger partial charge is 0.305 e. The summed E-state index contributed by atoms with van der Waals surface area (Å²) in [6.45, 7) is 4.99. The molecule has 6 nitrogen and oxygen atoms in total. The Labute approximate surface area is 533 Å². The minimum atomic E-state index is -0.662. The molecule has 0 aliphatic rings. The number of hydrogen-bond donors (Lipinski definition) is 3. The van der Waals surface area contributed by atoms with E-state index in [0.717, 1.165) is 44.9 Å². The number of rotatable bonds is 75. The second-order valence-electron chi connectivity index (χ2n) is 27.4. The van der Waals surface area contributed by atoms with Crippen LogP contribution in [0.4, 0.5) is 0 Å². The molecule has 0 saturated carbocycles. The zero-order valence-electron chi connectivity index (χ0n) is 58.1. The van der Waals surface area contributed by atoms with E-state index < -0.39 is 12.1 Å². The zero-order valence-corrected chi connectivity index (χ0v) is 58.1. The van der Waals surface area contributed by atoms with E-state index in [9.17, 15) is 19.8 Å². The second kappa shape index (κ2) is 75.1. The van der Waals surface area contributed by atoms with Crippen LogP contribution < -0.4 is 5.32 Å². The van der Waals surface area contributed by atoms with E-state index in [4.69, 9.17) is 4.74 Å². The van der Waals surface area contributed by atoms with Crippen LogP contribution in [0.2, 0.25) is 0 Å². The molecule has 506 valence electrons. The first-order valence-electron chi connectivity index (χ1n) is 39.4. The lowest BCUT2D eigenvalue weighted by molar-refractivity contribution is -0.143. The predicted molar refractivity (Wildman–Crippen MR) is 375 cm³/mol. The van der Waals surface area contributed by atoms with Gasteiger partial charge >= 0.3 is 5.97 Å². The van der Waals surface area contributed by atoms with Gasteiger partial charge in [0.1, 0.15) is 0 Å². The van der Waals surface area contributed by atoms with Crippen molar-refractivity contribution in [1.29, 1.82) is 0 Å². The summed E-state index contributed by atoms with van der Waals surface area (Å²) in [7, 11) is 0. The number of carbonyl (C=O) groups is 2. The molecule has 1 amide bonds. The molecule has 0 spiro atoms.